The number of carbonyl (C=O) groups is 1. The molecule has 27 heavy (non-hydrogen) atoms. The topological polar surface area (TPSA) is 61.8 Å². The molecule has 0 aliphatic rings. The van der Waals surface area contributed by atoms with Gasteiger partial charge in [0, 0.05) is 8.07 Å². The zero-order chi connectivity index (χ0) is 19.9. The smallest absolute Gasteiger partial charge is 0.444 e. The molecule has 0 saturated heterocycles. The molecule has 0 aromatic heterocycles. The van der Waals surface area contributed by atoms with E-state index in [4.69, 9.17) is 13.8 Å². The van der Waals surface area contributed by atoms with Crippen LogP contribution < -0.4 is 9.05 Å². The molecule has 0 amide bonds. The fourth-order valence-corrected chi connectivity index (χ4v) is 7.87. The minimum Gasteiger partial charge on any atom is -0.465 e. The van der Waals surface area contributed by atoms with Gasteiger partial charge in [-0.15, -0.1) is 0 Å². The summed E-state index contributed by atoms with van der Waals surface area (Å²) >= 11 is 0. The molecule has 1 unspecified atom stereocenters. The zero-order valence-corrected chi connectivity index (χ0v) is 18.1. The molecule has 0 saturated carbocycles. The summed E-state index contributed by atoms with van der Waals surface area (Å²) in [4.78, 5) is 12.7. The number of carbonyl (C=O) groups excluding carboxylic acids is 1. The first-order chi connectivity index (χ1) is 12.7. The first-order valence-corrected chi connectivity index (χ1v) is 14.3. The summed E-state index contributed by atoms with van der Waals surface area (Å²) in [5, 5.41) is 0. The number of rotatable bonds is 9. The van der Waals surface area contributed by atoms with Crippen molar-refractivity contribution in [3.63, 3.8) is 0 Å². The maximum absolute atomic E-state index is 13.9. The summed E-state index contributed by atoms with van der Waals surface area (Å²) in [6.45, 7) is 8.25. The van der Waals surface area contributed by atoms with Crippen molar-refractivity contribution in [2.75, 3.05) is 6.61 Å². The lowest BCUT2D eigenvalue weighted by molar-refractivity contribution is -0.142. The van der Waals surface area contributed by atoms with Crippen molar-refractivity contribution in [1.82, 2.24) is 0 Å². The summed E-state index contributed by atoms with van der Waals surface area (Å²) < 4.78 is 30.8. The molecule has 0 aliphatic carbocycles. The van der Waals surface area contributed by atoms with Gasteiger partial charge in [0.1, 0.15) is 11.5 Å². The van der Waals surface area contributed by atoms with Crippen molar-refractivity contribution >= 4 is 21.6 Å². The average molecular weight is 406 g/mol. The molecule has 2 aromatic carbocycles. The van der Waals surface area contributed by atoms with Gasteiger partial charge in [0.2, 0.25) is 0 Å². The largest absolute Gasteiger partial charge is 0.465 e. The van der Waals surface area contributed by atoms with Gasteiger partial charge in [-0.25, -0.2) is 4.57 Å². The minimum atomic E-state index is -3.90. The van der Waals surface area contributed by atoms with Crippen LogP contribution in [0.3, 0.4) is 0 Å². The van der Waals surface area contributed by atoms with E-state index in [1.165, 1.54) is 0 Å². The van der Waals surface area contributed by atoms with Crippen molar-refractivity contribution in [3.8, 4) is 11.5 Å². The lowest BCUT2D eigenvalue weighted by Gasteiger charge is -2.29. The van der Waals surface area contributed by atoms with Gasteiger partial charge in [-0.05, 0) is 37.2 Å². The maximum atomic E-state index is 13.9. The van der Waals surface area contributed by atoms with Crippen LogP contribution in [0.25, 0.3) is 0 Å². The van der Waals surface area contributed by atoms with Gasteiger partial charge < -0.3 is 13.8 Å². The lowest BCUT2D eigenvalue weighted by atomic mass is 10.3. The molecule has 2 rings (SSSR count). The molecule has 1 atom stereocenters. The summed E-state index contributed by atoms with van der Waals surface area (Å²) in [5.41, 5.74) is -0.982. The highest BCUT2D eigenvalue weighted by molar-refractivity contribution is 7.56. The van der Waals surface area contributed by atoms with Crippen molar-refractivity contribution in [1.29, 1.82) is 0 Å². The van der Waals surface area contributed by atoms with E-state index in [-0.39, 0.29) is 6.61 Å². The van der Waals surface area contributed by atoms with Crippen LogP contribution in [0.4, 0.5) is 0 Å². The fourth-order valence-electron chi connectivity index (χ4n) is 2.55. The lowest BCUT2D eigenvalue weighted by Crippen LogP contribution is -2.35. The Bertz CT molecular complexity index is 728. The van der Waals surface area contributed by atoms with Crippen LogP contribution in [0.2, 0.25) is 25.7 Å². The third kappa shape index (κ3) is 6.56. The fraction of sp³-hybridized carbons (Fsp3) is 0.350. The van der Waals surface area contributed by atoms with Crippen molar-refractivity contribution in [3.05, 3.63) is 60.7 Å². The predicted molar refractivity (Wildman–Crippen MR) is 110 cm³/mol. The van der Waals surface area contributed by atoms with E-state index >= 15 is 0 Å². The first kappa shape index (κ1) is 21.3. The van der Waals surface area contributed by atoms with Gasteiger partial charge in [0.05, 0.1) is 6.61 Å². The zero-order valence-electron chi connectivity index (χ0n) is 16.3. The molecule has 7 heteroatoms. The van der Waals surface area contributed by atoms with Crippen LogP contribution in [0, 0.1) is 0 Å². The van der Waals surface area contributed by atoms with E-state index in [0.29, 0.717) is 17.5 Å². The third-order valence-electron chi connectivity index (χ3n) is 3.70. The number of esters is 1. The molecule has 0 N–H and O–H groups in total. The number of hydrogen-bond donors (Lipinski definition) is 0. The van der Waals surface area contributed by atoms with Crippen LogP contribution in [0.1, 0.15) is 6.92 Å². The molecular formula is C20H27O5PSi. The third-order valence-corrected chi connectivity index (χ3v) is 7.76. The Morgan fingerprint density at radius 2 is 1.37 bits per heavy atom. The van der Waals surface area contributed by atoms with Crippen LogP contribution in [-0.2, 0) is 14.1 Å². The van der Waals surface area contributed by atoms with E-state index in [1.54, 1.807) is 55.5 Å². The Morgan fingerprint density at radius 1 is 0.926 bits per heavy atom. The number of hydrogen-bond acceptors (Lipinski definition) is 5. The van der Waals surface area contributed by atoms with Gasteiger partial charge in [-0.1, -0.05) is 56.0 Å². The van der Waals surface area contributed by atoms with Crippen molar-refractivity contribution in [2.24, 2.45) is 0 Å². The highest BCUT2D eigenvalue weighted by Gasteiger charge is 2.47. The number of ether oxygens (including phenoxy) is 1. The van der Waals surface area contributed by atoms with Gasteiger partial charge >= 0.3 is 13.6 Å². The Kier molecular flexibility index (Phi) is 7.28. The Morgan fingerprint density at radius 3 is 1.74 bits per heavy atom. The molecule has 0 spiro atoms. The second-order valence-corrected chi connectivity index (χ2v) is 15.0. The molecule has 0 fully saturated rings. The van der Waals surface area contributed by atoms with Crippen LogP contribution in [0.5, 0.6) is 11.5 Å². The molecule has 0 aliphatic heterocycles. The molecular weight excluding hydrogens is 379 g/mol. The molecule has 0 bridgehead atoms. The normalized spacial score (nSPS) is 12.9. The van der Waals surface area contributed by atoms with Gasteiger partial charge in [-0.3, -0.25) is 4.79 Å². The Balaban J connectivity index is 2.45. The average Bonchev–Trinajstić information content (AvgIpc) is 2.60. The van der Waals surface area contributed by atoms with E-state index in [2.05, 4.69) is 19.6 Å². The van der Waals surface area contributed by atoms with Crippen LogP contribution in [-0.4, -0.2) is 26.3 Å². The van der Waals surface area contributed by atoms with Gasteiger partial charge in [0.15, 0.2) is 5.66 Å². The van der Waals surface area contributed by atoms with Gasteiger partial charge in [0.25, 0.3) is 0 Å². The van der Waals surface area contributed by atoms with E-state index < -0.39 is 27.3 Å². The van der Waals surface area contributed by atoms with Crippen LogP contribution >= 0.6 is 7.60 Å². The van der Waals surface area contributed by atoms with Crippen molar-refractivity contribution < 1.29 is 23.1 Å². The highest BCUT2D eigenvalue weighted by Crippen LogP contribution is 2.55. The van der Waals surface area contributed by atoms with Gasteiger partial charge in [-0.2, -0.15) is 0 Å². The number of benzene rings is 2. The second kappa shape index (κ2) is 9.24. The van der Waals surface area contributed by atoms with E-state index in [9.17, 15) is 9.36 Å². The number of para-hydroxylation sites is 2. The molecule has 146 valence electrons. The van der Waals surface area contributed by atoms with E-state index in [0.717, 1.165) is 0 Å². The van der Waals surface area contributed by atoms with Crippen LogP contribution in [0.15, 0.2) is 60.7 Å². The Hall–Kier alpha value is -2.04. The summed E-state index contributed by atoms with van der Waals surface area (Å²) in [6, 6.07) is 18.0. The molecule has 2 aromatic rings. The molecule has 0 radical (unpaired) electrons. The SMILES string of the molecule is CCOC(=O)C(C[Si](C)(C)C)P(=O)(Oc1ccccc1)Oc1ccccc1. The maximum Gasteiger partial charge on any atom is 0.444 e. The summed E-state index contributed by atoms with van der Waals surface area (Å²) in [7, 11) is -5.68. The standard InChI is InChI=1S/C20H27O5PSi/c1-5-23-20(21)19(16-27(2,3)4)26(22,24-17-12-8-6-9-13-17)25-18-14-10-7-11-15-18/h6-15,19H,5,16H2,1-4H3. The first-order valence-electron chi connectivity index (χ1n) is 8.99. The monoisotopic (exact) mass is 406 g/mol. The molecule has 0 heterocycles. The molecule has 5 nitrogen and oxygen atoms in total. The van der Waals surface area contributed by atoms with Crippen molar-refractivity contribution in [2.45, 2.75) is 38.3 Å². The minimum absolute atomic E-state index is 0.206. The second-order valence-electron chi connectivity index (χ2n) is 7.38. The Labute approximate surface area is 162 Å². The predicted octanol–water partition coefficient (Wildman–Crippen LogP) is 5.61. The summed E-state index contributed by atoms with van der Waals surface area (Å²) in [6.07, 6.45) is 0. The quantitative estimate of drug-likeness (QED) is 0.308. The summed E-state index contributed by atoms with van der Waals surface area (Å²) in [5.74, 6) is 0.235. The highest BCUT2D eigenvalue weighted by atomic mass is 31.2. The van der Waals surface area contributed by atoms with E-state index in [1.807, 2.05) is 12.1 Å².